The van der Waals surface area contributed by atoms with Gasteiger partial charge in [0.25, 0.3) is 0 Å². The van der Waals surface area contributed by atoms with E-state index in [1.54, 1.807) is 7.11 Å². The minimum absolute atomic E-state index is 0.225. The first-order valence-corrected chi connectivity index (χ1v) is 9.46. The molecule has 8 nitrogen and oxygen atoms in total. The maximum Gasteiger partial charge on any atom is 0.231 e. The Morgan fingerprint density at radius 2 is 2.08 bits per heavy atom. The summed E-state index contributed by atoms with van der Waals surface area (Å²) in [6.07, 6.45) is 7.19. The van der Waals surface area contributed by atoms with Crippen molar-refractivity contribution in [2.24, 2.45) is 0 Å². The monoisotopic (exact) mass is 358 g/mol. The molecule has 1 atom stereocenters. The van der Waals surface area contributed by atoms with Crippen LogP contribution in [0.3, 0.4) is 0 Å². The molecule has 4 rings (SSSR count). The standard InChI is InChI=1S/C18H26N6O2/c1-25-10-8-15-21-17(26-23-15)12-5-4-9-24(11-12)16-13-6-2-3-7-14(13)20-18(19)22-16/h12H,2-11H2,1H3,(H2,19,20,22)/t12-/m0/s1. The van der Waals surface area contributed by atoms with E-state index >= 15 is 0 Å². The number of hydrogen-bond donors (Lipinski definition) is 1. The maximum atomic E-state index is 5.98. The number of nitrogen functional groups attached to an aromatic ring is 1. The lowest BCUT2D eigenvalue weighted by molar-refractivity contribution is 0.199. The molecule has 0 unspecified atom stereocenters. The fourth-order valence-electron chi connectivity index (χ4n) is 3.95. The third-order valence-corrected chi connectivity index (χ3v) is 5.26. The number of nitrogens with zero attached hydrogens (tertiary/aromatic N) is 5. The van der Waals surface area contributed by atoms with E-state index in [1.165, 1.54) is 18.4 Å². The van der Waals surface area contributed by atoms with Crippen LogP contribution in [-0.2, 0) is 24.0 Å². The number of nitrogens with two attached hydrogens (primary N) is 1. The van der Waals surface area contributed by atoms with Crippen LogP contribution in [0.25, 0.3) is 0 Å². The Morgan fingerprint density at radius 1 is 1.19 bits per heavy atom. The topological polar surface area (TPSA) is 103 Å². The van der Waals surface area contributed by atoms with Crippen LogP contribution < -0.4 is 10.6 Å². The molecule has 0 amide bonds. The van der Waals surface area contributed by atoms with Crippen LogP contribution in [0.1, 0.15) is 54.6 Å². The molecule has 3 heterocycles. The van der Waals surface area contributed by atoms with Crippen molar-refractivity contribution in [3.05, 3.63) is 23.0 Å². The molecule has 8 heteroatoms. The summed E-state index contributed by atoms with van der Waals surface area (Å²) in [5, 5.41) is 4.08. The molecule has 26 heavy (non-hydrogen) atoms. The number of hydrogen-bond acceptors (Lipinski definition) is 8. The van der Waals surface area contributed by atoms with Gasteiger partial charge in [0.2, 0.25) is 11.8 Å². The van der Waals surface area contributed by atoms with Crippen molar-refractivity contribution in [2.75, 3.05) is 37.4 Å². The molecule has 1 fully saturated rings. The van der Waals surface area contributed by atoms with Gasteiger partial charge in [-0.1, -0.05) is 5.16 Å². The van der Waals surface area contributed by atoms with E-state index in [4.69, 9.17) is 15.0 Å². The van der Waals surface area contributed by atoms with Gasteiger partial charge in [-0.3, -0.25) is 0 Å². The fourth-order valence-corrected chi connectivity index (χ4v) is 3.95. The van der Waals surface area contributed by atoms with Crippen LogP contribution in [0.4, 0.5) is 11.8 Å². The Bertz CT molecular complexity index is 762. The van der Waals surface area contributed by atoms with Gasteiger partial charge >= 0.3 is 0 Å². The molecule has 1 aliphatic carbocycles. The highest BCUT2D eigenvalue weighted by Gasteiger charge is 2.29. The van der Waals surface area contributed by atoms with Crippen molar-refractivity contribution < 1.29 is 9.26 Å². The second-order valence-corrected chi connectivity index (χ2v) is 7.11. The largest absolute Gasteiger partial charge is 0.384 e. The number of piperidine rings is 1. The van der Waals surface area contributed by atoms with Gasteiger partial charge in [-0.2, -0.15) is 9.97 Å². The number of ether oxygens (including phenoxy) is 1. The Hall–Kier alpha value is -2.22. The van der Waals surface area contributed by atoms with E-state index in [2.05, 4.69) is 25.0 Å². The summed E-state index contributed by atoms with van der Waals surface area (Å²) in [6, 6.07) is 0. The molecule has 2 aliphatic rings. The summed E-state index contributed by atoms with van der Waals surface area (Å²) in [7, 11) is 1.67. The number of rotatable bonds is 5. The Morgan fingerprint density at radius 3 is 2.96 bits per heavy atom. The molecule has 1 saturated heterocycles. The first-order chi connectivity index (χ1) is 12.7. The maximum absolute atomic E-state index is 5.98. The van der Waals surface area contributed by atoms with Crippen molar-refractivity contribution >= 4 is 11.8 Å². The van der Waals surface area contributed by atoms with Gasteiger partial charge in [0.15, 0.2) is 5.82 Å². The lowest BCUT2D eigenvalue weighted by atomic mass is 9.94. The highest BCUT2D eigenvalue weighted by atomic mass is 16.5. The molecule has 0 radical (unpaired) electrons. The molecular weight excluding hydrogens is 332 g/mol. The number of methoxy groups -OCH3 is 1. The van der Waals surface area contributed by atoms with Gasteiger partial charge in [-0.25, -0.2) is 4.98 Å². The zero-order valence-electron chi connectivity index (χ0n) is 15.3. The molecular formula is C18H26N6O2. The van der Waals surface area contributed by atoms with Crippen molar-refractivity contribution in [1.82, 2.24) is 20.1 Å². The van der Waals surface area contributed by atoms with Crippen LogP contribution in [0.2, 0.25) is 0 Å². The van der Waals surface area contributed by atoms with Crippen molar-refractivity contribution in [3.8, 4) is 0 Å². The molecule has 0 spiro atoms. The normalized spacial score (nSPS) is 20.2. The third kappa shape index (κ3) is 3.51. The quantitative estimate of drug-likeness (QED) is 0.864. The second kappa shape index (κ2) is 7.57. The van der Waals surface area contributed by atoms with Crippen molar-refractivity contribution in [1.29, 1.82) is 0 Å². The average Bonchev–Trinajstić information content (AvgIpc) is 3.15. The smallest absolute Gasteiger partial charge is 0.231 e. The molecule has 0 aromatic carbocycles. The Balaban J connectivity index is 1.54. The molecule has 0 bridgehead atoms. The SMILES string of the molecule is COCCc1noc([C@H]2CCCN(c3nc(N)nc4c3CCCC4)C2)n1. The number of fused-ring (bicyclic) bond motifs is 1. The van der Waals surface area contributed by atoms with Crippen LogP contribution in [0.5, 0.6) is 0 Å². The predicted molar refractivity (Wildman–Crippen MR) is 97.2 cm³/mol. The molecule has 1 aliphatic heterocycles. The fraction of sp³-hybridized carbons (Fsp3) is 0.667. The molecule has 140 valence electrons. The van der Waals surface area contributed by atoms with E-state index in [-0.39, 0.29) is 5.92 Å². The number of anilines is 2. The zero-order valence-corrected chi connectivity index (χ0v) is 15.3. The molecule has 2 aromatic heterocycles. The van der Waals surface area contributed by atoms with Gasteiger partial charge in [0.05, 0.1) is 18.2 Å². The molecule has 0 saturated carbocycles. The van der Waals surface area contributed by atoms with Gasteiger partial charge in [-0.05, 0) is 38.5 Å². The highest BCUT2D eigenvalue weighted by Crippen LogP contribution is 2.33. The van der Waals surface area contributed by atoms with E-state index in [0.29, 0.717) is 24.8 Å². The predicted octanol–water partition coefficient (Wildman–Crippen LogP) is 1.89. The minimum Gasteiger partial charge on any atom is -0.384 e. The second-order valence-electron chi connectivity index (χ2n) is 7.11. The van der Waals surface area contributed by atoms with E-state index in [9.17, 15) is 0 Å². The lowest BCUT2D eigenvalue weighted by Gasteiger charge is -2.34. The van der Waals surface area contributed by atoms with E-state index in [1.807, 2.05) is 0 Å². The molecule has 2 N–H and O–H groups in total. The summed E-state index contributed by atoms with van der Waals surface area (Å²) in [5.74, 6) is 3.04. The zero-order chi connectivity index (χ0) is 17.9. The van der Waals surface area contributed by atoms with Crippen LogP contribution in [0.15, 0.2) is 4.52 Å². The van der Waals surface area contributed by atoms with Crippen molar-refractivity contribution in [2.45, 2.75) is 50.9 Å². The van der Waals surface area contributed by atoms with Gasteiger partial charge < -0.3 is 19.9 Å². The summed E-state index contributed by atoms with van der Waals surface area (Å²) in [6.45, 7) is 2.40. The first-order valence-electron chi connectivity index (χ1n) is 9.46. The number of aromatic nitrogens is 4. The third-order valence-electron chi connectivity index (χ3n) is 5.26. The van der Waals surface area contributed by atoms with Crippen LogP contribution in [0, 0.1) is 0 Å². The van der Waals surface area contributed by atoms with E-state index in [0.717, 1.165) is 56.2 Å². The average molecular weight is 358 g/mol. The summed E-state index contributed by atoms with van der Waals surface area (Å²) >= 11 is 0. The Labute approximate surface area is 153 Å². The summed E-state index contributed by atoms with van der Waals surface area (Å²) in [4.78, 5) is 16.0. The van der Waals surface area contributed by atoms with Crippen molar-refractivity contribution in [3.63, 3.8) is 0 Å². The first kappa shape index (κ1) is 17.2. The Kier molecular flexibility index (Phi) is 5.01. The minimum atomic E-state index is 0.225. The number of aryl methyl sites for hydroxylation is 1. The van der Waals surface area contributed by atoms with Gasteiger partial charge in [0.1, 0.15) is 5.82 Å². The lowest BCUT2D eigenvalue weighted by Crippen LogP contribution is -2.36. The van der Waals surface area contributed by atoms with Gasteiger partial charge in [0, 0.05) is 32.2 Å². The van der Waals surface area contributed by atoms with E-state index < -0.39 is 0 Å². The molecule has 2 aromatic rings. The highest BCUT2D eigenvalue weighted by molar-refractivity contribution is 5.53. The summed E-state index contributed by atoms with van der Waals surface area (Å²) in [5.41, 5.74) is 8.38. The van der Waals surface area contributed by atoms with Crippen LogP contribution in [-0.4, -0.2) is 46.9 Å². The van der Waals surface area contributed by atoms with Gasteiger partial charge in [-0.15, -0.1) is 0 Å². The van der Waals surface area contributed by atoms with Crippen LogP contribution >= 0.6 is 0 Å². The summed E-state index contributed by atoms with van der Waals surface area (Å²) < 4.78 is 10.6.